The molecule has 0 unspecified atom stereocenters. The maximum absolute atomic E-state index is 12.1. The Balaban J connectivity index is 1.69. The lowest BCUT2D eigenvalue weighted by Crippen LogP contribution is -2.20. The average Bonchev–Trinajstić information content (AvgIpc) is 3.15. The Morgan fingerprint density at radius 2 is 1.81 bits per heavy atom. The number of halogens is 1. The second-order valence-corrected chi connectivity index (χ2v) is 5.76. The molecular weight excluding hydrogens is 374 g/mol. The van der Waals surface area contributed by atoms with Gasteiger partial charge >= 0.3 is 0 Å². The topological polar surface area (TPSA) is 95.7 Å². The summed E-state index contributed by atoms with van der Waals surface area (Å²) in [5.41, 5.74) is 0.999. The zero-order valence-electron chi connectivity index (χ0n) is 14.6. The number of carbonyl (C=O) groups is 1. The minimum absolute atomic E-state index is 0.173. The van der Waals surface area contributed by atoms with Crippen LogP contribution in [-0.4, -0.2) is 37.0 Å². The van der Waals surface area contributed by atoms with E-state index in [9.17, 15) is 4.79 Å². The van der Waals surface area contributed by atoms with Gasteiger partial charge < -0.3 is 19.5 Å². The number of benzene rings is 2. The second-order valence-electron chi connectivity index (χ2n) is 5.32. The first kappa shape index (κ1) is 18.5. The number of nitrogens with zero attached hydrogens (tertiary/aromatic N) is 2. The molecule has 3 rings (SSSR count). The molecule has 1 N–H and O–H groups in total. The van der Waals surface area contributed by atoms with Crippen molar-refractivity contribution in [2.75, 3.05) is 26.1 Å². The predicted molar refractivity (Wildman–Crippen MR) is 98.4 cm³/mol. The molecule has 0 bridgehead atoms. The number of amides is 1. The van der Waals surface area contributed by atoms with Crippen molar-refractivity contribution < 1.29 is 23.6 Å². The van der Waals surface area contributed by atoms with E-state index < -0.39 is 5.91 Å². The van der Waals surface area contributed by atoms with E-state index in [2.05, 4.69) is 15.6 Å². The summed E-state index contributed by atoms with van der Waals surface area (Å²) in [6.07, 6.45) is 0. The second kappa shape index (κ2) is 8.41. The summed E-state index contributed by atoms with van der Waals surface area (Å²) in [6, 6.07) is 11.9. The van der Waals surface area contributed by atoms with Crippen LogP contribution >= 0.6 is 11.6 Å². The minimum atomic E-state index is -0.414. The molecule has 0 spiro atoms. The lowest BCUT2D eigenvalue weighted by Gasteiger charge is -2.09. The Hall–Kier alpha value is -3.26. The largest absolute Gasteiger partial charge is 0.493 e. The molecule has 0 saturated carbocycles. The van der Waals surface area contributed by atoms with Gasteiger partial charge in [0.15, 0.2) is 23.8 Å². The molecule has 2 aromatic carbocycles. The molecule has 9 heteroatoms. The SMILES string of the molecule is COc1ccc(-c2nonc2NC(=O)COc2ccc(Cl)cc2)cc1OC. The molecule has 1 aromatic heterocycles. The van der Waals surface area contributed by atoms with Gasteiger partial charge in [0.1, 0.15) is 5.75 Å². The number of nitrogens with one attached hydrogen (secondary N) is 1. The van der Waals surface area contributed by atoms with Crippen molar-refractivity contribution in [3.8, 4) is 28.5 Å². The Bertz CT molecular complexity index is 927. The normalized spacial score (nSPS) is 10.3. The molecule has 0 saturated heterocycles. The Kier molecular flexibility index (Phi) is 5.77. The van der Waals surface area contributed by atoms with E-state index in [0.717, 1.165) is 0 Å². The first-order valence-electron chi connectivity index (χ1n) is 7.84. The first-order chi connectivity index (χ1) is 13.1. The third-order valence-corrected chi connectivity index (χ3v) is 3.84. The zero-order valence-corrected chi connectivity index (χ0v) is 15.3. The van der Waals surface area contributed by atoms with Gasteiger partial charge in [-0.3, -0.25) is 4.79 Å². The fraction of sp³-hybridized carbons (Fsp3) is 0.167. The molecule has 0 aliphatic rings. The van der Waals surface area contributed by atoms with E-state index in [0.29, 0.717) is 33.5 Å². The van der Waals surface area contributed by atoms with Crippen molar-refractivity contribution >= 4 is 23.3 Å². The van der Waals surface area contributed by atoms with Gasteiger partial charge in [-0.25, -0.2) is 4.63 Å². The van der Waals surface area contributed by atoms with Gasteiger partial charge in [-0.2, -0.15) is 0 Å². The summed E-state index contributed by atoms with van der Waals surface area (Å²) in [4.78, 5) is 12.1. The van der Waals surface area contributed by atoms with Crippen LogP contribution in [0.1, 0.15) is 0 Å². The number of methoxy groups -OCH3 is 2. The van der Waals surface area contributed by atoms with Crippen LogP contribution in [0.2, 0.25) is 5.02 Å². The van der Waals surface area contributed by atoms with E-state index in [1.807, 2.05) is 0 Å². The molecule has 140 valence electrons. The van der Waals surface area contributed by atoms with E-state index >= 15 is 0 Å². The summed E-state index contributed by atoms with van der Waals surface area (Å²) in [5.74, 6) is 1.36. The fourth-order valence-electron chi connectivity index (χ4n) is 2.29. The molecule has 8 nitrogen and oxygen atoms in total. The Morgan fingerprint density at radius 3 is 2.52 bits per heavy atom. The fourth-order valence-corrected chi connectivity index (χ4v) is 2.42. The quantitative estimate of drug-likeness (QED) is 0.661. The molecule has 1 amide bonds. The maximum atomic E-state index is 12.1. The molecule has 3 aromatic rings. The number of hydrogen-bond acceptors (Lipinski definition) is 7. The highest BCUT2D eigenvalue weighted by Crippen LogP contribution is 2.33. The lowest BCUT2D eigenvalue weighted by molar-refractivity contribution is -0.118. The van der Waals surface area contributed by atoms with Crippen LogP contribution in [0.25, 0.3) is 11.3 Å². The van der Waals surface area contributed by atoms with Crippen molar-refractivity contribution in [3.63, 3.8) is 0 Å². The van der Waals surface area contributed by atoms with Gasteiger partial charge in [0.2, 0.25) is 5.82 Å². The molecule has 0 atom stereocenters. The summed E-state index contributed by atoms with van der Waals surface area (Å²) in [7, 11) is 3.07. The van der Waals surface area contributed by atoms with Crippen LogP contribution in [0.4, 0.5) is 5.82 Å². The van der Waals surface area contributed by atoms with Gasteiger partial charge in [0, 0.05) is 10.6 Å². The van der Waals surface area contributed by atoms with Crippen LogP contribution in [0.5, 0.6) is 17.2 Å². The molecular formula is C18H16ClN3O5. The average molecular weight is 390 g/mol. The molecule has 0 radical (unpaired) electrons. The van der Waals surface area contributed by atoms with Gasteiger partial charge in [-0.05, 0) is 52.8 Å². The van der Waals surface area contributed by atoms with Gasteiger partial charge in [-0.1, -0.05) is 11.6 Å². The highest BCUT2D eigenvalue weighted by Gasteiger charge is 2.17. The molecule has 0 aliphatic carbocycles. The molecule has 27 heavy (non-hydrogen) atoms. The standard InChI is InChI=1S/C18H16ClN3O5/c1-24-14-8-3-11(9-15(14)25-2)17-18(22-27-21-17)20-16(23)10-26-13-6-4-12(19)5-7-13/h3-9H,10H2,1-2H3,(H,20,22,23). The third kappa shape index (κ3) is 4.48. The molecule has 1 heterocycles. The Labute approximate surface area is 159 Å². The van der Waals surface area contributed by atoms with Crippen molar-refractivity contribution in [2.24, 2.45) is 0 Å². The number of anilines is 1. The van der Waals surface area contributed by atoms with E-state index in [-0.39, 0.29) is 12.4 Å². The zero-order chi connectivity index (χ0) is 19.2. The van der Waals surface area contributed by atoms with Crippen molar-refractivity contribution in [2.45, 2.75) is 0 Å². The van der Waals surface area contributed by atoms with Crippen LogP contribution in [-0.2, 0) is 4.79 Å². The monoisotopic (exact) mass is 389 g/mol. The number of aromatic nitrogens is 2. The van der Waals surface area contributed by atoms with Crippen molar-refractivity contribution in [1.82, 2.24) is 10.3 Å². The van der Waals surface area contributed by atoms with Crippen LogP contribution in [0.3, 0.4) is 0 Å². The smallest absolute Gasteiger partial charge is 0.263 e. The van der Waals surface area contributed by atoms with Crippen LogP contribution in [0.15, 0.2) is 47.1 Å². The Morgan fingerprint density at radius 1 is 1.07 bits per heavy atom. The highest BCUT2D eigenvalue weighted by atomic mass is 35.5. The maximum Gasteiger partial charge on any atom is 0.263 e. The molecule has 0 fully saturated rings. The lowest BCUT2D eigenvalue weighted by atomic mass is 10.1. The summed E-state index contributed by atoms with van der Waals surface area (Å²) in [5, 5.41) is 10.8. The summed E-state index contributed by atoms with van der Waals surface area (Å²) >= 11 is 5.81. The molecule has 0 aliphatic heterocycles. The number of carbonyl (C=O) groups excluding carboxylic acids is 1. The number of hydrogen-bond donors (Lipinski definition) is 1. The van der Waals surface area contributed by atoms with Gasteiger partial charge in [0.05, 0.1) is 14.2 Å². The minimum Gasteiger partial charge on any atom is -0.493 e. The summed E-state index contributed by atoms with van der Waals surface area (Å²) < 4.78 is 20.6. The van der Waals surface area contributed by atoms with Gasteiger partial charge in [-0.15, -0.1) is 0 Å². The van der Waals surface area contributed by atoms with E-state index in [1.54, 1.807) is 49.6 Å². The number of rotatable bonds is 7. The van der Waals surface area contributed by atoms with Crippen LogP contribution in [0, 0.1) is 0 Å². The first-order valence-corrected chi connectivity index (χ1v) is 8.21. The number of ether oxygens (including phenoxy) is 3. The highest BCUT2D eigenvalue weighted by molar-refractivity contribution is 6.30. The summed E-state index contributed by atoms with van der Waals surface area (Å²) in [6.45, 7) is -0.208. The third-order valence-electron chi connectivity index (χ3n) is 3.59. The van der Waals surface area contributed by atoms with E-state index in [1.165, 1.54) is 7.11 Å². The van der Waals surface area contributed by atoms with Gasteiger partial charge in [0.25, 0.3) is 5.91 Å². The van der Waals surface area contributed by atoms with Crippen molar-refractivity contribution in [1.29, 1.82) is 0 Å². The van der Waals surface area contributed by atoms with Crippen molar-refractivity contribution in [3.05, 3.63) is 47.5 Å². The predicted octanol–water partition coefficient (Wildman–Crippen LogP) is 3.42. The van der Waals surface area contributed by atoms with E-state index in [4.69, 9.17) is 30.4 Å². The van der Waals surface area contributed by atoms with Crippen LogP contribution < -0.4 is 19.5 Å².